The van der Waals surface area contributed by atoms with Crippen molar-refractivity contribution >= 4 is 11.8 Å². The van der Waals surface area contributed by atoms with Crippen LogP contribution in [0.3, 0.4) is 0 Å². The maximum atomic E-state index is 11.5. The molecule has 0 aromatic rings. The van der Waals surface area contributed by atoms with Crippen molar-refractivity contribution in [1.82, 2.24) is 10.4 Å². The smallest absolute Gasteiger partial charge is 0.262 e. The van der Waals surface area contributed by atoms with Gasteiger partial charge in [-0.1, -0.05) is 0 Å². The van der Waals surface area contributed by atoms with Crippen molar-refractivity contribution in [3.05, 3.63) is 0 Å². The van der Waals surface area contributed by atoms with Crippen LogP contribution >= 0.6 is 0 Å². The van der Waals surface area contributed by atoms with Crippen molar-refractivity contribution in [3.8, 4) is 0 Å². The zero-order valence-electron chi connectivity index (χ0n) is 11.2. The third kappa shape index (κ3) is 6.91. The Labute approximate surface area is 102 Å². The summed E-state index contributed by atoms with van der Waals surface area (Å²) in [5.41, 5.74) is 5.39. The minimum atomic E-state index is -0.717. The molecule has 0 aliphatic carbocycles. The van der Waals surface area contributed by atoms with Crippen molar-refractivity contribution in [2.24, 2.45) is 5.73 Å². The molecule has 6 heteroatoms. The second-order valence-corrected chi connectivity index (χ2v) is 4.96. The summed E-state index contributed by atoms with van der Waals surface area (Å²) in [6, 6.07) is -0.717. The SMILES string of the molecule is CON(C)C(=O)[C@@H](N)CCC(=O)NC(C)(C)C. The van der Waals surface area contributed by atoms with E-state index in [0.717, 1.165) is 5.06 Å². The largest absolute Gasteiger partial charge is 0.352 e. The first kappa shape index (κ1) is 15.9. The number of carbonyl (C=O) groups excluding carboxylic acids is 2. The summed E-state index contributed by atoms with van der Waals surface area (Å²) in [6.45, 7) is 5.69. The first-order valence-corrected chi connectivity index (χ1v) is 5.55. The Morgan fingerprint density at radius 1 is 1.41 bits per heavy atom. The number of nitrogens with two attached hydrogens (primary N) is 1. The van der Waals surface area contributed by atoms with E-state index in [2.05, 4.69) is 5.32 Å². The minimum absolute atomic E-state index is 0.110. The number of amides is 2. The third-order valence-corrected chi connectivity index (χ3v) is 2.10. The van der Waals surface area contributed by atoms with Gasteiger partial charge < -0.3 is 11.1 Å². The zero-order valence-corrected chi connectivity index (χ0v) is 11.2. The fraction of sp³-hybridized carbons (Fsp3) is 0.818. The van der Waals surface area contributed by atoms with Crippen LogP contribution in [0.15, 0.2) is 0 Å². The molecule has 0 aliphatic heterocycles. The predicted octanol–water partition coefficient (Wildman–Crippen LogP) is 0.0284. The van der Waals surface area contributed by atoms with Crippen LogP contribution in [0.25, 0.3) is 0 Å². The van der Waals surface area contributed by atoms with Gasteiger partial charge in [0.25, 0.3) is 5.91 Å². The van der Waals surface area contributed by atoms with Crippen molar-refractivity contribution in [1.29, 1.82) is 0 Å². The number of nitrogens with one attached hydrogen (secondary N) is 1. The zero-order chi connectivity index (χ0) is 13.6. The highest BCUT2D eigenvalue weighted by atomic mass is 16.7. The number of likely N-dealkylation sites (N-methyl/N-ethyl adjacent to an activating group) is 1. The molecule has 0 aromatic carbocycles. The molecule has 100 valence electrons. The highest BCUT2D eigenvalue weighted by Crippen LogP contribution is 2.03. The molecular weight excluding hydrogens is 222 g/mol. The second-order valence-electron chi connectivity index (χ2n) is 4.96. The Bertz CT molecular complexity index is 274. The van der Waals surface area contributed by atoms with Crippen LogP contribution in [0.1, 0.15) is 33.6 Å². The Kier molecular flexibility index (Phi) is 6.12. The van der Waals surface area contributed by atoms with Gasteiger partial charge in [0.1, 0.15) is 0 Å². The number of hydrogen-bond acceptors (Lipinski definition) is 4. The molecule has 17 heavy (non-hydrogen) atoms. The summed E-state index contributed by atoms with van der Waals surface area (Å²) < 4.78 is 0. The Morgan fingerprint density at radius 3 is 2.35 bits per heavy atom. The summed E-state index contributed by atoms with van der Waals surface area (Å²) in [5, 5.41) is 3.87. The average Bonchev–Trinajstić information content (AvgIpc) is 2.21. The van der Waals surface area contributed by atoms with E-state index in [1.807, 2.05) is 20.8 Å². The first-order valence-electron chi connectivity index (χ1n) is 5.55. The molecular formula is C11H23N3O3. The van der Waals surface area contributed by atoms with E-state index in [1.54, 1.807) is 0 Å². The van der Waals surface area contributed by atoms with Gasteiger partial charge in [0, 0.05) is 19.0 Å². The molecule has 0 fully saturated rings. The molecule has 2 amide bonds. The van der Waals surface area contributed by atoms with Crippen LogP contribution in [0.5, 0.6) is 0 Å². The number of hydroxylamine groups is 2. The Balaban J connectivity index is 4.04. The van der Waals surface area contributed by atoms with Crippen LogP contribution in [0, 0.1) is 0 Å². The van der Waals surface area contributed by atoms with Gasteiger partial charge in [-0.05, 0) is 27.2 Å². The van der Waals surface area contributed by atoms with Gasteiger partial charge in [-0.2, -0.15) is 0 Å². The van der Waals surface area contributed by atoms with Crippen LogP contribution in [-0.2, 0) is 14.4 Å². The van der Waals surface area contributed by atoms with E-state index >= 15 is 0 Å². The van der Waals surface area contributed by atoms with Crippen LogP contribution in [0.2, 0.25) is 0 Å². The summed E-state index contributed by atoms with van der Waals surface area (Å²) in [5.74, 6) is -0.447. The summed E-state index contributed by atoms with van der Waals surface area (Å²) in [6.07, 6.45) is 0.524. The van der Waals surface area contributed by atoms with Crippen molar-refractivity contribution in [2.75, 3.05) is 14.2 Å². The molecule has 3 N–H and O–H groups in total. The van der Waals surface area contributed by atoms with E-state index in [9.17, 15) is 9.59 Å². The standard InChI is InChI=1S/C11H23N3O3/c1-11(2,3)13-9(15)7-6-8(12)10(16)14(4)17-5/h8H,6-7,12H2,1-5H3,(H,13,15)/t8-/m0/s1. The molecule has 0 saturated carbocycles. The fourth-order valence-electron chi connectivity index (χ4n) is 1.21. The van der Waals surface area contributed by atoms with Gasteiger partial charge in [-0.3, -0.25) is 14.4 Å². The summed E-state index contributed by atoms with van der Waals surface area (Å²) in [7, 11) is 2.87. The fourth-order valence-corrected chi connectivity index (χ4v) is 1.21. The lowest BCUT2D eigenvalue weighted by molar-refractivity contribution is -0.170. The van der Waals surface area contributed by atoms with E-state index in [-0.39, 0.29) is 23.8 Å². The molecule has 0 spiro atoms. The van der Waals surface area contributed by atoms with Crippen LogP contribution < -0.4 is 11.1 Å². The Morgan fingerprint density at radius 2 is 1.94 bits per heavy atom. The van der Waals surface area contributed by atoms with Crippen molar-refractivity contribution in [2.45, 2.75) is 45.2 Å². The number of carbonyl (C=O) groups is 2. The van der Waals surface area contributed by atoms with E-state index in [1.165, 1.54) is 14.2 Å². The normalized spacial score (nSPS) is 13.1. The molecule has 1 atom stereocenters. The third-order valence-electron chi connectivity index (χ3n) is 2.10. The predicted molar refractivity (Wildman–Crippen MR) is 64.9 cm³/mol. The molecule has 6 nitrogen and oxygen atoms in total. The van der Waals surface area contributed by atoms with Gasteiger partial charge in [-0.25, -0.2) is 5.06 Å². The highest BCUT2D eigenvalue weighted by molar-refractivity contribution is 5.82. The van der Waals surface area contributed by atoms with Crippen molar-refractivity contribution < 1.29 is 14.4 Å². The van der Waals surface area contributed by atoms with Crippen molar-refractivity contribution in [3.63, 3.8) is 0 Å². The lowest BCUT2D eigenvalue weighted by Gasteiger charge is -2.22. The molecule has 0 heterocycles. The number of rotatable bonds is 5. The average molecular weight is 245 g/mol. The van der Waals surface area contributed by atoms with E-state index in [0.29, 0.717) is 6.42 Å². The summed E-state index contributed by atoms with van der Waals surface area (Å²) >= 11 is 0. The van der Waals surface area contributed by atoms with Gasteiger partial charge in [0.15, 0.2) is 0 Å². The first-order chi connectivity index (χ1) is 7.67. The summed E-state index contributed by atoms with van der Waals surface area (Å²) in [4.78, 5) is 27.7. The topological polar surface area (TPSA) is 84.7 Å². The molecule has 0 bridgehead atoms. The van der Waals surface area contributed by atoms with Gasteiger partial charge >= 0.3 is 0 Å². The van der Waals surface area contributed by atoms with Gasteiger partial charge in [0.05, 0.1) is 13.2 Å². The minimum Gasteiger partial charge on any atom is -0.352 e. The molecule has 0 radical (unpaired) electrons. The van der Waals surface area contributed by atoms with Gasteiger partial charge in [0.2, 0.25) is 5.91 Å². The second kappa shape index (κ2) is 6.56. The quantitative estimate of drug-likeness (QED) is 0.669. The lowest BCUT2D eigenvalue weighted by atomic mass is 10.1. The Hall–Kier alpha value is -1.14. The molecule has 0 unspecified atom stereocenters. The van der Waals surface area contributed by atoms with Crippen LogP contribution in [0.4, 0.5) is 0 Å². The monoisotopic (exact) mass is 245 g/mol. The maximum absolute atomic E-state index is 11.5. The molecule has 0 rings (SSSR count). The molecule has 0 saturated heterocycles. The highest BCUT2D eigenvalue weighted by Gasteiger charge is 2.20. The maximum Gasteiger partial charge on any atom is 0.262 e. The number of nitrogens with zero attached hydrogens (tertiary/aromatic N) is 1. The molecule has 0 aromatic heterocycles. The molecule has 0 aliphatic rings. The van der Waals surface area contributed by atoms with Crippen LogP contribution in [-0.4, -0.2) is 42.6 Å². The number of hydrogen-bond donors (Lipinski definition) is 2. The lowest BCUT2D eigenvalue weighted by Crippen LogP contribution is -2.44. The van der Waals surface area contributed by atoms with Gasteiger partial charge in [-0.15, -0.1) is 0 Å². The van der Waals surface area contributed by atoms with E-state index < -0.39 is 6.04 Å². The van der Waals surface area contributed by atoms with E-state index in [4.69, 9.17) is 10.6 Å².